The summed E-state index contributed by atoms with van der Waals surface area (Å²) in [5.74, 6) is 0.675. The van der Waals surface area contributed by atoms with Gasteiger partial charge in [0, 0.05) is 0 Å². The van der Waals surface area contributed by atoms with Crippen LogP contribution in [0.1, 0.15) is 0 Å². The number of amides is 1. The van der Waals surface area contributed by atoms with Gasteiger partial charge < -0.3 is 20.1 Å². The number of nitrogens with one attached hydrogen (secondary N) is 2. The highest BCUT2D eigenvalue weighted by molar-refractivity contribution is 5.91. The number of nitrogens with zero attached hydrogens (tertiary/aromatic N) is 1. The molecule has 1 aromatic heterocycles. The van der Waals surface area contributed by atoms with Gasteiger partial charge in [0.15, 0.2) is 18.1 Å². The highest BCUT2D eigenvalue weighted by Gasteiger charge is 2.08. The number of rotatable bonds is 7. The van der Waals surface area contributed by atoms with Crippen LogP contribution < -0.4 is 20.1 Å². The maximum absolute atomic E-state index is 13.6. The Morgan fingerprint density at radius 3 is 2.48 bits per heavy atom. The first-order valence-electron chi connectivity index (χ1n) is 8.19. The Morgan fingerprint density at radius 1 is 1.04 bits per heavy atom. The van der Waals surface area contributed by atoms with Crippen molar-refractivity contribution in [3.05, 3.63) is 72.7 Å². The van der Waals surface area contributed by atoms with Crippen molar-refractivity contribution in [1.82, 2.24) is 4.98 Å². The number of hydrogen-bond donors (Lipinski definition) is 2. The zero-order chi connectivity index (χ0) is 19.1. The second-order valence-electron chi connectivity index (χ2n) is 5.52. The normalized spacial score (nSPS) is 10.1. The second kappa shape index (κ2) is 8.66. The second-order valence-corrected chi connectivity index (χ2v) is 5.52. The molecule has 138 valence electrons. The molecule has 0 atom stereocenters. The zero-order valence-electron chi connectivity index (χ0n) is 14.6. The van der Waals surface area contributed by atoms with Crippen molar-refractivity contribution in [3.8, 4) is 11.5 Å². The van der Waals surface area contributed by atoms with Crippen molar-refractivity contribution >= 4 is 23.1 Å². The van der Waals surface area contributed by atoms with Crippen LogP contribution in [0, 0.1) is 5.82 Å². The van der Waals surface area contributed by atoms with Gasteiger partial charge in [0.2, 0.25) is 0 Å². The average Bonchev–Trinajstić information content (AvgIpc) is 2.70. The van der Waals surface area contributed by atoms with Crippen molar-refractivity contribution in [1.29, 1.82) is 0 Å². The van der Waals surface area contributed by atoms with Gasteiger partial charge >= 0.3 is 0 Å². The van der Waals surface area contributed by atoms with Gasteiger partial charge in [0.05, 0.1) is 24.7 Å². The summed E-state index contributed by atoms with van der Waals surface area (Å²) in [4.78, 5) is 16.2. The summed E-state index contributed by atoms with van der Waals surface area (Å²) in [5, 5.41) is 5.56. The summed E-state index contributed by atoms with van der Waals surface area (Å²) in [6.45, 7) is -0.183. The molecule has 0 saturated heterocycles. The molecule has 0 radical (unpaired) electrons. The van der Waals surface area contributed by atoms with Crippen LogP contribution in [0.2, 0.25) is 0 Å². The van der Waals surface area contributed by atoms with E-state index in [1.54, 1.807) is 48.5 Å². The highest BCUT2D eigenvalue weighted by atomic mass is 19.1. The lowest BCUT2D eigenvalue weighted by Crippen LogP contribution is -2.20. The fourth-order valence-corrected chi connectivity index (χ4v) is 2.32. The molecule has 0 bridgehead atoms. The quantitative estimate of drug-likeness (QED) is 0.661. The topological polar surface area (TPSA) is 72.5 Å². The van der Waals surface area contributed by atoms with Crippen LogP contribution in [0.15, 0.2) is 66.9 Å². The largest absolute Gasteiger partial charge is 0.493 e. The van der Waals surface area contributed by atoms with Crippen LogP contribution in [0.25, 0.3) is 0 Å². The number of pyridine rings is 1. The minimum atomic E-state index is -0.358. The number of methoxy groups -OCH3 is 1. The van der Waals surface area contributed by atoms with Gasteiger partial charge in [0.1, 0.15) is 11.6 Å². The first-order chi connectivity index (χ1) is 13.2. The van der Waals surface area contributed by atoms with E-state index in [2.05, 4.69) is 15.6 Å². The number of anilines is 3. The molecule has 2 aromatic carbocycles. The van der Waals surface area contributed by atoms with Gasteiger partial charge in [-0.2, -0.15) is 0 Å². The fourth-order valence-electron chi connectivity index (χ4n) is 2.32. The highest BCUT2D eigenvalue weighted by Crippen LogP contribution is 2.25. The molecule has 0 saturated carbocycles. The van der Waals surface area contributed by atoms with Crippen molar-refractivity contribution in [2.24, 2.45) is 0 Å². The summed E-state index contributed by atoms with van der Waals surface area (Å²) >= 11 is 0. The van der Waals surface area contributed by atoms with E-state index in [9.17, 15) is 9.18 Å². The number of hydrogen-bond acceptors (Lipinski definition) is 5. The lowest BCUT2D eigenvalue weighted by atomic mass is 10.3. The predicted molar refractivity (Wildman–Crippen MR) is 101 cm³/mol. The van der Waals surface area contributed by atoms with Crippen molar-refractivity contribution in [2.75, 3.05) is 24.4 Å². The molecule has 0 fully saturated rings. The number of benzene rings is 2. The third-order valence-corrected chi connectivity index (χ3v) is 3.61. The molecule has 0 aliphatic heterocycles. The van der Waals surface area contributed by atoms with E-state index in [0.717, 1.165) is 0 Å². The van der Waals surface area contributed by atoms with Crippen LogP contribution in [0.3, 0.4) is 0 Å². The summed E-state index contributed by atoms with van der Waals surface area (Å²) in [5.41, 5.74) is 0.949. The van der Waals surface area contributed by atoms with Gasteiger partial charge in [-0.05, 0) is 36.4 Å². The van der Waals surface area contributed by atoms with E-state index in [1.165, 1.54) is 19.4 Å². The molecule has 0 unspecified atom stereocenters. The Morgan fingerprint density at radius 2 is 1.78 bits per heavy atom. The Balaban J connectivity index is 1.55. The van der Waals surface area contributed by atoms with Crippen LogP contribution in [0.4, 0.5) is 21.6 Å². The Hall–Kier alpha value is -3.61. The molecule has 2 N–H and O–H groups in total. The van der Waals surface area contributed by atoms with E-state index in [-0.39, 0.29) is 18.3 Å². The molecule has 3 rings (SSSR count). The maximum atomic E-state index is 13.6. The third kappa shape index (κ3) is 4.94. The van der Waals surface area contributed by atoms with Gasteiger partial charge in [-0.25, -0.2) is 9.37 Å². The Labute approximate surface area is 156 Å². The molecular weight excluding hydrogens is 349 g/mol. The first kappa shape index (κ1) is 18.2. The average molecular weight is 367 g/mol. The minimum absolute atomic E-state index is 0.183. The van der Waals surface area contributed by atoms with Crippen LogP contribution in [0.5, 0.6) is 11.5 Å². The zero-order valence-corrected chi connectivity index (χ0v) is 14.6. The number of carbonyl (C=O) groups is 1. The smallest absolute Gasteiger partial charge is 0.263 e. The third-order valence-electron chi connectivity index (χ3n) is 3.61. The predicted octanol–water partition coefficient (Wildman–Crippen LogP) is 3.99. The minimum Gasteiger partial charge on any atom is -0.493 e. The van der Waals surface area contributed by atoms with E-state index < -0.39 is 0 Å². The molecule has 1 amide bonds. The van der Waals surface area contributed by atoms with Crippen molar-refractivity contribution in [3.63, 3.8) is 0 Å². The van der Waals surface area contributed by atoms with Crippen molar-refractivity contribution < 1.29 is 18.7 Å². The van der Waals surface area contributed by atoms with Crippen molar-refractivity contribution in [2.45, 2.75) is 0 Å². The van der Waals surface area contributed by atoms with Gasteiger partial charge in [-0.15, -0.1) is 0 Å². The molecule has 0 aliphatic carbocycles. The van der Waals surface area contributed by atoms with E-state index in [1.807, 2.05) is 6.07 Å². The van der Waals surface area contributed by atoms with E-state index in [0.29, 0.717) is 28.7 Å². The molecule has 1 heterocycles. The summed E-state index contributed by atoms with van der Waals surface area (Å²) in [6, 6.07) is 16.7. The monoisotopic (exact) mass is 367 g/mol. The fraction of sp³-hybridized carbons (Fsp3) is 0.100. The molecule has 0 spiro atoms. The van der Waals surface area contributed by atoms with Gasteiger partial charge in [-0.3, -0.25) is 4.79 Å². The number of carbonyl (C=O) groups excluding carboxylic acids is 1. The van der Waals surface area contributed by atoms with E-state index in [4.69, 9.17) is 9.47 Å². The number of halogens is 1. The number of para-hydroxylation sites is 3. The summed E-state index contributed by atoms with van der Waals surface area (Å²) in [7, 11) is 1.53. The van der Waals surface area contributed by atoms with Crippen LogP contribution >= 0.6 is 0 Å². The number of ether oxygens (including phenoxy) is 2. The molecule has 3 aromatic rings. The summed E-state index contributed by atoms with van der Waals surface area (Å²) in [6.07, 6.45) is 1.50. The van der Waals surface area contributed by atoms with Crippen LogP contribution in [-0.2, 0) is 4.79 Å². The standard InChI is InChI=1S/C20H18FN3O3/c1-26-17-8-4-5-9-18(17)27-13-20(25)24-19-11-10-14(12-22-19)23-16-7-3-2-6-15(16)21/h2-12,23H,13H2,1H3,(H,22,24,25). The summed E-state index contributed by atoms with van der Waals surface area (Å²) < 4.78 is 24.3. The lowest BCUT2D eigenvalue weighted by molar-refractivity contribution is -0.118. The first-order valence-corrected chi connectivity index (χ1v) is 8.19. The molecule has 27 heavy (non-hydrogen) atoms. The lowest BCUT2D eigenvalue weighted by Gasteiger charge is -2.11. The molecule has 6 nitrogen and oxygen atoms in total. The molecular formula is C20H18FN3O3. The maximum Gasteiger partial charge on any atom is 0.263 e. The van der Waals surface area contributed by atoms with Crippen LogP contribution in [-0.4, -0.2) is 24.6 Å². The molecule has 7 heteroatoms. The SMILES string of the molecule is COc1ccccc1OCC(=O)Nc1ccc(Nc2ccccc2F)cn1. The Bertz CT molecular complexity index is 916. The molecule has 0 aliphatic rings. The Kier molecular flexibility index (Phi) is 5.84. The number of aromatic nitrogens is 1. The van der Waals surface area contributed by atoms with Gasteiger partial charge in [0.25, 0.3) is 5.91 Å². The van der Waals surface area contributed by atoms with Gasteiger partial charge in [-0.1, -0.05) is 24.3 Å². The van der Waals surface area contributed by atoms with E-state index >= 15 is 0 Å².